The van der Waals surface area contributed by atoms with Gasteiger partial charge in [-0.15, -0.1) is 0 Å². The van der Waals surface area contributed by atoms with Crippen LogP contribution in [0.1, 0.15) is 42.1 Å². The van der Waals surface area contributed by atoms with Crippen LogP contribution in [0.5, 0.6) is 5.75 Å². The predicted octanol–water partition coefficient (Wildman–Crippen LogP) is 3.80. The van der Waals surface area contributed by atoms with Gasteiger partial charge in [0.1, 0.15) is 11.9 Å². The Morgan fingerprint density at radius 1 is 1.23 bits per heavy atom. The molecule has 0 spiro atoms. The number of rotatable bonds is 0. The van der Waals surface area contributed by atoms with Crippen molar-refractivity contribution in [2.75, 3.05) is 0 Å². The Morgan fingerprint density at radius 2 is 2.00 bits per heavy atom. The van der Waals surface area contributed by atoms with Crippen molar-refractivity contribution in [1.82, 2.24) is 0 Å². The molecule has 1 aliphatic rings. The SMILES string of the molecule is C[C@@H]1C/C=C/CC/C=C/C(=N)Cc2cc(O)ccc2C(=O)O1. The number of cyclic esters (lactones) is 1. The summed E-state index contributed by atoms with van der Waals surface area (Å²) < 4.78 is 5.44. The van der Waals surface area contributed by atoms with Crippen LogP contribution in [0.3, 0.4) is 0 Å². The number of benzene rings is 1. The van der Waals surface area contributed by atoms with E-state index in [1.807, 2.05) is 19.1 Å². The van der Waals surface area contributed by atoms with E-state index < -0.39 is 5.97 Å². The highest BCUT2D eigenvalue weighted by atomic mass is 16.5. The smallest absolute Gasteiger partial charge is 0.338 e. The van der Waals surface area contributed by atoms with Crippen molar-refractivity contribution in [3.63, 3.8) is 0 Å². The Balaban J connectivity index is 2.31. The predicted molar refractivity (Wildman–Crippen MR) is 86.5 cm³/mol. The van der Waals surface area contributed by atoms with Crippen LogP contribution >= 0.6 is 0 Å². The van der Waals surface area contributed by atoms with E-state index in [4.69, 9.17) is 10.1 Å². The monoisotopic (exact) mass is 299 g/mol. The second kappa shape index (κ2) is 7.59. The number of hydrogen-bond acceptors (Lipinski definition) is 4. The summed E-state index contributed by atoms with van der Waals surface area (Å²) in [5, 5.41) is 17.6. The number of allylic oxidation sites excluding steroid dienone is 3. The number of esters is 1. The highest BCUT2D eigenvalue weighted by Crippen LogP contribution is 2.20. The fourth-order valence-electron chi connectivity index (χ4n) is 2.31. The molecule has 1 aliphatic heterocycles. The number of aromatic hydroxyl groups is 1. The minimum atomic E-state index is -0.412. The molecule has 0 amide bonds. The van der Waals surface area contributed by atoms with Crippen LogP contribution in [0.2, 0.25) is 0 Å². The van der Waals surface area contributed by atoms with Gasteiger partial charge in [-0.1, -0.05) is 18.2 Å². The Labute approximate surface area is 130 Å². The van der Waals surface area contributed by atoms with Crippen LogP contribution in [-0.2, 0) is 11.2 Å². The first-order valence-electron chi connectivity index (χ1n) is 7.48. The third-order valence-electron chi connectivity index (χ3n) is 3.45. The molecule has 0 unspecified atom stereocenters. The molecule has 0 bridgehead atoms. The zero-order chi connectivity index (χ0) is 15.9. The van der Waals surface area contributed by atoms with Gasteiger partial charge in [-0.05, 0) is 49.6 Å². The number of phenols is 1. The van der Waals surface area contributed by atoms with Crippen molar-refractivity contribution in [3.8, 4) is 5.75 Å². The lowest BCUT2D eigenvalue weighted by Gasteiger charge is -2.14. The van der Waals surface area contributed by atoms with Gasteiger partial charge in [0.25, 0.3) is 0 Å². The van der Waals surface area contributed by atoms with Gasteiger partial charge in [-0.3, -0.25) is 0 Å². The molecule has 1 aromatic rings. The first kappa shape index (κ1) is 16.0. The summed E-state index contributed by atoms with van der Waals surface area (Å²) in [5.74, 6) is -0.329. The van der Waals surface area contributed by atoms with Gasteiger partial charge < -0.3 is 15.3 Å². The highest BCUT2D eigenvalue weighted by Gasteiger charge is 2.16. The van der Waals surface area contributed by atoms with Gasteiger partial charge in [0.2, 0.25) is 0 Å². The summed E-state index contributed by atoms with van der Waals surface area (Å²) in [7, 11) is 0. The van der Waals surface area contributed by atoms with E-state index >= 15 is 0 Å². The topological polar surface area (TPSA) is 70.4 Å². The Morgan fingerprint density at radius 3 is 2.82 bits per heavy atom. The highest BCUT2D eigenvalue weighted by molar-refractivity contribution is 5.97. The van der Waals surface area contributed by atoms with E-state index in [9.17, 15) is 9.90 Å². The minimum Gasteiger partial charge on any atom is -0.508 e. The van der Waals surface area contributed by atoms with Gasteiger partial charge >= 0.3 is 5.97 Å². The fourth-order valence-corrected chi connectivity index (χ4v) is 2.31. The molecule has 2 rings (SSSR count). The molecule has 0 aromatic heterocycles. The van der Waals surface area contributed by atoms with Crippen molar-refractivity contribution in [2.45, 2.75) is 38.7 Å². The lowest BCUT2D eigenvalue weighted by atomic mass is 10.0. The summed E-state index contributed by atoms with van der Waals surface area (Å²) in [5.41, 5.74) is 1.41. The molecule has 4 nitrogen and oxygen atoms in total. The molecule has 1 heterocycles. The molecule has 1 aromatic carbocycles. The van der Waals surface area contributed by atoms with Gasteiger partial charge in [-0.25, -0.2) is 4.79 Å². The molecule has 0 saturated heterocycles. The number of carbonyl (C=O) groups excluding carboxylic acids is 1. The molecular weight excluding hydrogens is 278 g/mol. The summed E-state index contributed by atoms with van der Waals surface area (Å²) in [6.07, 6.45) is 10.3. The first-order valence-corrected chi connectivity index (χ1v) is 7.48. The second-order valence-electron chi connectivity index (χ2n) is 5.45. The zero-order valence-electron chi connectivity index (χ0n) is 12.7. The molecule has 0 fully saturated rings. The molecule has 2 N–H and O–H groups in total. The van der Waals surface area contributed by atoms with E-state index in [2.05, 4.69) is 6.08 Å². The van der Waals surface area contributed by atoms with Crippen molar-refractivity contribution in [2.24, 2.45) is 0 Å². The van der Waals surface area contributed by atoms with Crippen LogP contribution in [0, 0.1) is 5.41 Å². The third-order valence-corrected chi connectivity index (χ3v) is 3.45. The first-order chi connectivity index (χ1) is 10.6. The second-order valence-corrected chi connectivity index (χ2v) is 5.45. The summed E-state index contributed by atoms with van der Waals surface area (Å²) in [4.78, 5) is 12.3. The number of phenolic OH excluding ortho intramolecular Hbond substituents is 1. The van der Waals surface area contributed by atoms with Crippen LogP contribution in [0.25, 0.3) is 0 Å². The van der Waals surface area contributed by atoms with Gasteiger partial charge in [0.05, 0.1) is 5.56 Å². The van der Waals surface area contributed by atoms with E-state index in [1.165, 1.54) is 12.1 Å². The number of ether oxygens (including phenoxy) is 1. The number of hydrogen-bond donors (Lipinski definition) is 2. The quantitative estimate of drug-likeness (QED) is 0.565. The van der Waals surface area contributed by atoms with E-state index in [0.29, 0.717) is 29.7 Å². The molecule has 0 radical (unpaired) electrons. The maximum atomic E-state index is 12.3. The molecule has 1 atom stereocenters. The average Bonchev–Trinajstić information content (AvgIpc) is 2.45. The number of carbonyl (C=O) groups is 1. The largest absolute Gasteiger partial charge is 0.508 e. The molecule has 4 heteroatoms. The molecule has 0 saturated carbocycles. The van der Waals surface area contributed by atoms with Crippen molar-refractivity contribution in [3.05, 3.63) is 53.6 Å². The van der Waals surface area contributed by atoms with Gasteiger partial charge in [0.15, 0.2) is 0 Å². The fraction of sp³-hybridized carbons (Fsp3) is 0.333. The zero-order valence-corrected chi connectivity index (χ0v) is 12.7. The van der Waals surface area contributed by atoms with Crippen molar-refractivity contribution >= 4 is 11.7 Å². The third kappa shape index (κ3) is 4.58. The van der Waals surface area contributed by atoms with Gasteiger partial charge in [-0.2, -0.15) is 0 Å². The summed E-state index contributed by atoms with van der Waals surface area (Å²) in [6, 6.07) is 4.54. The van der Waals surface area contributed by atoms with Crippen LogP contribution in [0.4, 0.5) is 0 Å². The molecule has 116 valence electrons. The maximum absolute atomic E-state index is 12.3. The maximum Gasteiger partial charge on any atom is 0.338 e. The van der Waals surface area contributed by atoms with Crippen LogP contribution in [0.15, 0.2) is 42.5 Å². The molecule has 22 heavy (non-hydrogen) atoms. The Bertz CT molecular complexity index is 617. The average molecular weight is 299 g/mol. The summed E-state index contributed by atoms with van der Waals surface area (Å²) in [6.45, 7) is 1.86. The van der Waals surface area contributed by atoms with Crippen molar-refractivity contribution < 1.29 is 14.6 Å². The minimum absolute atomic E-state index is 0.0837. The standard InChI is InChI=1S/C18H21NO3/c1-13-7-5-3-2-4-6-8-15(19)11-14-12-16(20)9-10-17(14)18(21)22-13/h3,5-6,8-10,12-13,19-20H,2,4,7,11H2,1H3/b5-3+,8-6+,19-15?/t13-/m1/s1. The number of fused-ring (bicyclic) bond motifs is 1. The molecular formula is C18H21NO3. The van der Waals surface area contributed by atoms with Crippen LogP contribution in [-0.4, -0.2) is 22.9 Å². The normalized spacial score (nSPS) is 23.0. The van der Waals surface area contributed by atoms with E-state index in [-0.39, 0.29) is 11.9 Å². The van der Waals surface area contributed by atoms with Gasteiger partial charge in [0, 0.05) is 18.6 Å². The van der Waals surface area contributed by atoms with E-state index in [0.717, 1.165) is 12.8 Å². The van der Waals surface area contributed by atoms with Crippen LogP contribution < -0.4 is 0 Å². The van der Waals surface area contributed by atoms with E-state index in [1.54, 1.807) is 12.1 Å². The lowest BCUT2D eigenvalue weighted by molar-refractivity contribution is 0.0347. The Hall–Kier alpha value is -2.36. The number of nitrogens with one attached hydrogen (secondary N) is 1. The lowest BCUT2D eigenvalue weighted by Crippen LogP contribution is -2.16. The summed E-state index contributed by atoms with van der Waals surface area (Å²) >= 11 is 0. The van der Waals surface area contributed by atoms with Crippen molar-refractivity contribution in [1.29, 1.82) is 5.41 Å². The Kier molecular flexibility index (Phi) is 5.53. The molecule has 0 aliphatic carbocycles.